The zero-order chi connectivity index (χ0) is 37.5. The summed E-state index contributed by atoms with van der Waals surface area (Å²) in [6.45, 7) is 3.11. The number of carboxylic acid groups (broad SMARTS) is 1. The average Bonchev–Trinajstić information content (AvgIpc) is 3.06. The summed E-state index contributed by atoms with van der Waals surface area (Å²) in [4.78, 5) is 54.2. The Hall–Kier alpha value is -2.25. The van der Waals surface area contributed by atoms with Crippen LogP contribution in [0.3, 0.4) is 0 Å². The second-order valence-electron chi connectivity index (χ2n) is 12.1. The number of thioether (sulfide) groups is 1. The molecule has 0 rings (SSSR count). The molecule has 6 N–H and O–H groups in total. The maximum atomic E-state index is 12.7. The third-order valence-electron chi connectivity index (χ3n) is 7.35. The van der Waals surface area contributed by atoms with Gasteiger partial charge in [0.2, 0.25) is 0 Å². The van der Waals surface area contributed by atoms with Crippen molar-refractivity contribution in [2.24, 2.45) is 5.73 Å². The number of carbonyl (C=O) groups is 3. The van der Waals surface area contributed by atoms with E-state index in [2.05, 4.69) is 30.5 Å². The molecule has 0 radical (unpaired) electrons. The molecule has 0 aromatic heterocycles. The van der Waals surface area contributed by atoms with Crippen molar-refractivity contribution in [1.29, 1.82) is 0 Å². The number of hydrogen-bond donors (Lipinski definition) is 5. The topological polar surface area (TPSA) is 203 Å². The van der Waals surface area contributed by atoms with E-state index in [0.717, 1.165) is 44.9 Å². The van der Waals surface area contributed by atoms with Crippen LogP contribution in [0, 0.1) is 0 Å². The molecule has 14 heteroatoms. The summed E-state index contributed by atoms with van der Waals surface area (Å²) in [6, 6.07) is -1.14. The number of phosphoric ester groups is 1. The highest BCUT2D eigenvalue weighted by Crippen LogP contribution is 2.36. The molecule has 0 aliphatic carbocycles. The maximum absolute atomic E-state index is 12.7. The molecule has 50 heavy (non-hydrogen) atoms. The number of aliphatic hydroxyl groups excluding tert-OH is 1. The summed E-state index contributed by atoms with van der Waals surface area (Å²) in [5.41, 5.74) is 6.06. The standard InChI is InChI=1S/C36H62NO11PS/c1-3-5-7-9-11-12-13-14-15-17-18-20-24-33(32(38)23-22-25-34(39)40)50-29-31(37)36(42)46-27-30(28-47-49(43,44)45)48-35(41)26-21-19-16-10-8-6-4-2/h11-12,14-15,17-18,20,24,30-33,38H,3-10,13,16,19,21-23,25-29,37H2,1-2H3,(H,39,40)(H2,43,44,45)/b12-11-,15-14-,18-17+,24-20+/t30-,31+,32+,33-/m1/s1. The zero-order valence-corrected chi connectivity index (χ0v) is 31.7. The van der Waals surface area contributed by atoms with Crippen molar-refractivity contribution in [2.75, 3.05) is 19.0 Å². The Kier molecular flexibility index (Phi) is 30.1. The molecule has 12 nitrogen and oxygen atoms in total. The molecule has 0 aromatic rings. The number of carbonyl (C=O) groups excluding carboxylic acids is 2. The normalized spacial score (nSPS) is 14.8. The highest BCUT2D eigenvalue weighted by Gasteiger charge is 2.26. The fourth-order valence-electron chi connectivity index (χ4n) is 4.52. The Balaban J connectivity index is 5.07. The second kappa shape index (κ2) is 31.5. The lowest BCUT2D eigenvalue weighted by Crippen LogP contribution is -2.38. The summed E-state index contributed by atoms with van der Waals surface area (Å²) in [6.07, 6.45) is 26.3. The van der Waals surface area contributed by atoms with Crippen LogP contribution >= 0.6 is 19.6 Å². The van der Waals surface area contributed by atoms with Gasteiger partial charge in [-0.05, 0) is 38.5 Å². The lowest BCUT2D eigenvalue weighted by Gasteiger charge is -2.22. The number of nitrogens with two attached hydrogens (primary N) is 1. The number of allylic oxidation sites excluding steroid dienone is 7. The summed E-state index contributed by atoms with van der Waals surface area (Å²) in [7, 11) is -4.87. The number of aliphatic carboxylic acids is 1. The van der Waals surface area contributed by atoms with E-state index in [1.807, 2.05) is 24.3 Å². The van der Waals surface area contributed by atoms with Crippen LogP contribution < -0.4 is 5.73 Å². The number of phosphoric acid groups is 1. The third kappa shape index (κ3) is 30.6. The molecule has 0 spiro atoms. The van der Waals surface area contributed by atoms with E-state index in [-0.39, 0.29) is 31.4 Å². The van der Waals surface area contributed by atoms with Gasteiger partial charge in [-0.3, -0.25) is 18.9 Å². The minimum Gasteiger partial charge on any atom is -0.481 e. The molecule has 0 aromatic carbocycles. The second-order valence-corrected chi connectivity index (χ2v) is 14.5. The lowest BCUT2D eigenvalue weighted by molar-refractivity contribution is -0.161. The quantitative estimate of drug-likeness (QED) is 0.0156. The monoisotopic (exact) mass is 747 g/mol. The molecule has 4 atom stereocenters. The largest absolute Gasteiger partial charge is 0.481 e. The van der Waals surface area contributed by atoms with Crippen molar-refractivity contribution in [3.05, 3.63) is 48.6 Å². The van der Waals surface area contributed by atoms with E-state index in [0.29, 0.717) is 6.42 Å². The van der Waals surface area contributed by atoms with E-state index >= 15 is 0 Å². The Labute approximate surface area is 303 Å². The minimum atomic E-state index is -4.87. The molecule has 0 unspecified atom stereocenters. The van der Waals surface area contributed by atoms with Crippen molar-refractivity contribution in [3.8, 4) is 0 Å². The molecule has 0 saturated heterocycles. The molecular weight excluding hydrogens is 685 g/mol. The molecule has 288 valence electrons. The molecule has 0 heterocycles. The van der Waals surface area contributed by atoms with Crippen LogP contribution in [-0.4, -0.2) is 80.4 Å². The van der Waals surface area contributed by atoms with Crippen molar-refractivity contribution in [2.45, 2.75) is 140 Å². The van der Waals surface area contributed by atoms with Crippen LogP contribution in [0.15, 0.2) is 48.6 Å². The number of rotatable bonds is 32. The van der Waals surface area contributed by atoms with Crippen molar-refractivity contribution in [1.82, 2.24) is 0 Å². The zero-order valence-electron chi connectivity index (χ0n) is 29.9. The van der Waals surface area contributed by atoms with Crippen LogP contribution in [0.4, 0.5) is 0 Å². The van der Waals surface area contributed by atoms with E-state index in [4.69, 9.17) is 30.1 Å². The van der Waals surface area contributed by atoms with Gasteiger partial charge in [-0.1, -0.05) is 114 Å². The number of carboxylic acids is 1. The lowest BCUT2D eigenvalue weighted by atomic mass is 10.1. The van der Waals surface area contributed by atoms with Gasteiger partial charge in [0.1, 0.15) is 12.6 Å². The number of hydrogen-bond acceptors (Lipinski definition) is 10. The Morgan fingerprint density at radius 3 is 2.16 bits per heavy atom. The van der Waals surface area contributed by atoms with Crippen LogP contribution in [0.25, 0.3) is 0 Å². The van der Waals surface area contributed by atoms with Gasteiger partial charge in [0.05, 0.1) is 12.7 Å². The number of ether oxygens (including phenoxy) is 2. The van der Waals surface area contributed by atoms with Crippen LogP contribution in [0.2, 0.25) is 0 Å². The molecule has 0 aliphatic heterocycles. The highest BCUT2D eigenvalue weighted by molar-refractivity contribution is 8.00. The summed E-state index contributed by atoms with van der Waals surface area (Å²) >= 11 is 1.20. The van der Waals surface area contributed by atoms with Gasteiger partial charge in [0.25, 0.3) is 0 Å². The van der Waals surface area contributed by atoms with Gasteiger partial charge in [-0.25, -0.2) is 4.57 Å². The van der Waals surface area contributed by atoms with Gasteiger partial charge in [-0.2, -0.15) is 0 Å². The Morgan fingerprint density at radius 2 is 1.48 bits per heavy atom. The van der Waals surface area contributed by atoms with Crippen LogP contribution in [0.1, 0.15) is 117 Å². The SMILES string of the molecule is CCCCC/C=C\C\C=C/C=C/C=C/[C@@H](SC[C@H](N)C(=O)OC[C@H](COP(=O)(O)O)OC(=O)CCCCCCCCC)[C@@H](O)CCCC(=O)O. The van der Waals surface area contributed by atoms with Gasteiger partial charge >= 0.3 is 25.7 Å². The Bertz CT molecular complexity index is 1080. The van der Waals surface area contributed by atoms with E-state index < -0.39 is 62.4 Å². The number of aliphatic hydroxyl groups is 1. The first-order valence-electron chi connectivity index (χ1n) is 17.9. The van der Waals surface area contributed by atoms with E-state index in [1.165, 1.54) is 37.4 Å². The third-order valence-corrected chi connectivity index (χ3v) is 9.24. The van der Waals surface area contributed by atoms with Crippen molar-refractivity contribution in [3.63, 3.8) is 0 Å². The minimum absolute atomic E-state index is 0.0414. The summed E-state index contributed by atoms with van der Waals surface area (Å²) < 4.78 is 26.2. The first-order chi connectivity index (χ1) is 23.9. The van der Waals surface area contributed by atoms with Gasteiger partial charge in [0, 0.05) is 23.8 Å². The van der Waals surface area contributed by atoms with E-state index in [1.54, 1.807) is 12.2 Å². The predicted molar refractivity (Wildman–Crippen MR) is 198 cm³/mol. The molecule has 0 amide bonds. The van der Waals surface area contributed by atoms with Crippen LogP contribution in [-0.2, 0) is 32.9 Å². The average molecular weight is 748 g/mol. The first-order valence-corrected chi connectivity index (χ1v) is 20.5. The number of unbranched alkanes of at least 4 members (excludes halogenated alkanes) is 9. The van der Waals surface area contributed by atoms with Crippen molar-refractivity contribution < 1.29 is 52.9 Å². The molecule has 0 bridgehead atoms. The smallest absolute Gasteiger partial charge is 0.469 e. The molecular formula is C36H62NO11PS. The number of esters is 2. The molecule has 0 aliphatic rings. The summed E-state index contributed by atoms with van der Waals surface area (Å²) in [5.74, 6) is -2.35. The fraction of sp³-hybridized carbons (Fsp3) is 0.694. The predicted octanol–water partition coefficient (Wildman–Crippen LogP) is 6.93. The first kappa shape index (κ1) is 47.8. The van der Waals surface area contributed by atoms with Crippen molar-refractivity contribution >= 4 is 37.5 Å². The maximum Gasteiger partial charge on any atom is 0.469 e. The Morgan fingerprint density at radius 1 is 0.820 bits per heavy atom. The fourth-order valence-corrected chi connectivity index (χ4v) is 6.00. The van der Waals surface area contributed by atoms with Crippen LogP contribution in [0.5, 0.6) is 0 Å². The van der Waals surface area contributed by atoms with E-state index in [9.17, 15) is 24.1 Å². The summed E-state index contributed by atoms with van der Waals surface area (Å²) in [5, 5.41) is 19.2. The van der Waals surface area contributed by atoms with Gasteiger partial charge < -0.3 is 35.2 Å². The van der Waals surface area contributed by atoms with Gasteiger partial charge in [0.15, 0.2) is 6.10 Å². The highest BCUT2D eigenvalue weighted by atomic mass is 32.2. The molecule has 0 saturated carbocycles. The van der Waals surface area contributed by atoms with Gasteiger partial charge in [-0.15, -0.1) is 11.8 Å². The molecule has 0 fully saturated rings.